The van der Waals surface area contributed by atoms with E-state index in [1.54, 1.807) is 0 Å². The molecule has 1 rings (SSSR count). The zero-order chi connectivity index (χ0) is 14.3. The van der Waals surface area contributed by atoms with Gasteiger partial charge in [-0.3, -0.25) is 4.79 Å². The van der Waals surface area contributed by atoms with Gasteiger partial charge in [0.15, 0.2) is 0 Å². The molecule has 1 aliphatic heterocycles. The Bertz CT molecular complexity index is 309. The van der Waals surface area contributed by atoms with Gasteiger partial charge in [-0.2, -0.15) is 0 Å². The van der Waals surface area contributed by atoms with Gasteiger partial charge in [0.25, 0.3) is 0 Å². The van der Waals surface area contributed by atoms with E-state index < -0.39 is 5.97 Å². The van der Waals surface area contributed by atoms with Crippen molar-refractivity contribution in [1.82, 2.24) is 10.6 Å². The molecular weight excluding hydrogens is 248 g/mol. The van der Waals surface area contributed by atoms with Crippen LogP contribution in [0.2, 0.25) is 0 Å². The van der Waals surface area contributed by atoms with E-state index >= 15 is 0 Å². The number of hydrogen-bond donors (Lipinski definition) is 3. The van der Waals surface area contributed by atoms with Crippen molar-refractivity contribution in [3.63, 3.8) is 0 Å². The second-order valence-electron chi connectivity index (χ2n) is 5.20. The minimum atomic E-state index is -0.771. The topological polar surface area (TPSA) is 87.7 Å². The predicted octanol–water partition coefficient (Wildman–Crippen LogP) is 1.35. The number of hydrogen-bond acceptors (Lipinski definition) is 3. The average Bonchev–Trinajstić information content (AvgIpc) is 2.72. The molecule has 6 heteroatoms. The molecule has 1 heterocycles. The van der Waals surface area contributed by atoms with Crippen molar-refractivity contribution in [2.24, 2.45) is 5.92 Å². The van der Waals surface area contributed by atoms with Crippen LogP contribution < -0.4 is 10.6 Å². The molecule has 0 aromatic rings. The molecule has 3 unspecified atom stereocenters. The highest BCUT2D eigenvalue weighted by Gasteiger charge is 2.25. The summed E-state index contributed by atoms with van der Waals surface area (Å²) >= 11 is 0. The Labute approximate surface area is 113 Å². The summed E-state index contributed by atoms with van der Waals surface area (Å²) in [6, 6.07) is -0.0859. The van der Waals surface area contributed by atoms with Crippen molar-refractivity contribution in [2.45, 2.75) is 51.7 Å². The van der Waals surface area contributed by atoms with Crippen LogP contribution in [0.25, 0.3) is 0 Å². The first-order valence-corrected chi connectivity index (χ1v) is 6.86. The summed E-state index contributed by atoms with van der Waals surface area (Å²) in [6.07, 6.45) is 2.54. The molecule has 3 atom stereocenters. The molecule has 0 saturated carbocycles. The zero-order valence-electron chi connectivity index (χ0n) is 11.6. The number of amides is 2. The number of carboxylic acids is 1. The van der Waals surface area contributed by atoms with Crippen molar-refractivity contribution >= 4 is 12.0 Å². The van der Waals surface area contributed by atoms with Crippen LogP contribution in [-0.2, 0) is 9.53 Å². The van der Waals surface area contributed by atoms with Gasteiger partial charge in [-0.15, -0.1) is 0 Å². The Balaban J connectivity index is 2.08. The summed E-state index contributed by atoms with van der Waals surface area (Å²) in [5.41, 5.74) is 0. The second-order valence-corrected chi connectivity index (χ2v) is 5.20. The van der Waals surface area contributed by atoms with Crippen LogP contribution in [0.1, 0.15) is 39.5 Å². The second kappa shape index (κ2) is 7.99. The number of ether oxygens (including phenoxy) is 1. The number of rotatable bonds is 7. The molecule has 0 aromatic heterocycles. The van der Waals surface area contributed by atoms with Gasteiger partial charge in [0.2, 0.25) is 0 Å². The smallest absolute Gasteiger partial charge is 0.315 e. The summed E-state index contributed by atoms with van der Waals surface area (Å²) in [7, 11) is 0. The van der Waals surface area contributed by atoms with Gasteiger partial charge in [-0.25, -0.2) is 4.79 Å². The molecule has 0 spiro atoms. The lowest BCUT2D eigenvalue weighted by Crippen LogP contribution is -2.45. The molecule has 0 aliphatic carbocycles. The largest absolute Gasteiger partial charge is 0.481 e. The lowest BCUT2D eigenvalue weighted by Gasteiger charge is -2.17. The molecule has 3 N–H and O–H groups in total. The van der Waals surface area contributed by atoms with Crippen molar-refractivity contribution < 1.29 is 19.4 Å². The fourth-order valence-electron chi connectivity index (χ4n) is 2.09. The highest BCUT2D eigenvalue weighted by molar-refractivity contribution is 5.74. The van der Waals surface area contributed by atoms with E-state index in [1.807, 2.05) is 13.8 Å². The predicted molar refractivity (Wildman–Crippen MR) is 71.0 cm³/mol. The van der Waals surface area contributed by atoms with Gasteiger partial charge in [0.1, 0.15) is 0 Å². The Hall–Kier alpha value is -1.30. The zero-order valence-corrected chi connectivity index (χ0v) is 11.6. The van der Waals surface area contributed by atoms with Gasteiger partial charge in [0.05, 0.1) is 12.1 Å². The minimum absolute atomic E-state index is 0.0697. The maximum atomic E-state index is 11.6. The Kier molecular flexibility index (Phi) is 6.62. The van der Waals surface area contributed by atoms with E-state index in [0.29, 0.717) is 25.5 Å². The summed E-state index contributed by atoms with van der Waals surface area (Å²) in [6.45, 7) is 5.20. The third-order valence-electron chi connectivity index (χ3n) is 3.47. The first kappa shape index (κ1) is 15.8. The number of carbonyl (C=O) groups is 2. The molecule has 1 fully saturated rings. The maximum absolute atomic E-state index is 11.6. The van der Waals surface area contributed by atoms with Crippen LogP contribution in [0.4, 0.5) is 4.79 Å². The van der Waals surface area contributed by atoms with E-state index in [-0.39, 0.29) is 24.6 Å². The quantitative estimate of drug-likeness (QED) is 0.653. The van der Waals surface area contributed by atoms with E-state index in [2.05, 4.69) is 10.6 Å². The molecule has 1 aliphatic rings. The molecule has 2 amide bonds. The monoisotopic (exact) mass is 272 g/mol. The van der Waals surface area contributed by atoms with Crippen LogP contribution >= 0.6 is 0 Å². The SMILES string of the molecule is CC(CCNC(=O)NC1CCOC1C)CCC(=O)O. The van der Waals surface area contributed by atoms with Gasteiger partial charge >= 0.3 is 12.0 Å². The van der Waals surface area contributed by atoms with E-state index in [0.717, 1.165) is 12.8 Å². The third-order valence-corrected chi connectivity index (χ3v) is 3.47. The Morgan fingerprint density at radius 2 is 2.16 bits per heavy atom. The van der Waals surface area contributed by atoms with Gasteiger partial charge in [-0.05, 0) is 32.1 Å². The van der Waals surface area contributed by atoms with E-state index in [1.165, 1.54) is 0 Å². The van der Waals surface area contributed by atoms with Gasteiger partial charge in [-0.1, -0.05) is 6.92 Å². The van der Waals surface area contributed by atoms with Crippen LogP contribution in [0.3, 0.4) is 0 Å². The van der Waals surface area contributed by atoms with Crippen molar-refractivity contribution in [3.8, 4) is 0 Å². The molecule has 6 nitrogen and oxygen atoms in total. The molecule has 0 radical (unpaired) electrons. The van der Waals surface area contributed by atoms with Crippen LogP contribution in [0.15, 0.2) is 0 Å². The Morgan fingerprint density at radius 3 is 2.74 bits per heavy atom. The molecule has 1 saturated heterocycles. The summed E-state index contributed by atoms with van der Waals surface area (Å²) in [5, 5.41) is 14.2. The first-order chi connectivity index (χ1) is 8.99. The standard InChI is InChI=1S/C13H24N2O4/c1-9(3-4-12(16)17)5-7-14-13(18)15-11-6-8-19-10(11)2/h9-11H,3-8H2,1-2H3,(H,16,17)(H2,14,15,18). The van der Waals surface area contributed by atoms with Gasteiger partial charge < -0.3 is 20.5 Å². The lowest BCUT2D eigenvalue weighted by atomic mass is 10.0. The summed E-state index contributed by atoms with van der Waals surface area (Å²) in [5.74, 6) is -0.474. The van der Waals surface area contributed by atoms with Gasteiger partial charge in [0, 0.05) is 19.6 Å². The summed E-state index contributed by atoms with van der Waals surface area (Å²) < 4.78 is 5.37. The number of carbonyl (C=O) groups excluding carboxylic acids is 1. The van der Waals surface area contributed by atoms with Crippen molar-refractivity contribution in [1.29, 1.82) is 0 Å². The fourth-order valence-corrected chi connectivity index (χ4v) is 2.09. The number of nitrogens with one attached hydrogen (secondary N) is 2. The van der Waals surface area contributed by atoms with E-state index in [4.69, 9.17) is 9.84 Å². The molecule has 0 bridgehead atoms. The fraction of sp³-hybridized carbons (Fsp3) is 0.846. The normalized spacial score (nSPS) is 23.9. The number of urea groups is 1. The molecule has 0 aromatic carbocycles. The van der Waals surface area contributed by atoms with Crippen LogP contribution in [-0.4, -0.2) is 42.4 Å². The van der Waals surface area contributed by atoms with Crippen molar-refractivity contribution in [2.75, 3.05) is 13.2 Å². The third kappa shape index (κ3) is 6.42. The minimum Gasteiger partial charge on any atom is -0.481 e. The first-order valence-electron chi connectivity index (χ1n) is 6.86. The molecular formula is C13H24N2O4. The van der Waals surface area contributed by atoms with Crippen LogP contribution in [0, 0.1) is 5.92 Å². The molecule has 19 heavy (non-hydrogen) atoms. The lowest BCUT2D eigenvalue weighted by molar-refractivity contribution is -0.137. The highest BCUT2D eigenvalue weighted by Crippen LogP contribution is 2.12. The molecule has 110 valence electrons. The van der Waals surface area contributed by atoms with Crippen LogP contribution in [0.5, 0.6) is 0 Å². The highest BCUT2D eigenvalue weighted by atomic mass is 16.5. The maximum Gasteiger partial charge on any atom is 0.315 e. The number of aliphatic carboxylic acids is 1. The average molecular weight is 272 g/mol. The van der Waals surface area contributed by atoms with Crippen molar-refractivity contribution in [3.05, 3.63) is 0 Å². The Morgan fingerprint density at radius 1 is 1.42 bits per heavy atom. The summed E-state index contributed by atoms with van der Waals surface area (Å²) in [4.78, 5) is 22.0. The number of carboxylic acid groups (broad SMARTS) is 1. The van der Waals surface area contributed by atoms with E-state index in [9.17, 15) is 9.59 Å².